The lowest BCUT2D eigenvalue weighted by Gasteiger charge is -2.32. The van der Waals surface area contributed by atoms with Crippen LogP contribution < -0.4 is 11.1 Å². The van der Waals surface area contributed by atoms with Crippen LogP contribution in [0.4, 0.5) is 0 Å². The number of rotatable bonds is 5. The molecule has 0 atom stereocenters. The van der Waals surface area contributed by atoms with E-state index in [9.17, 15) is 9.59 Å². The zero-order valence-electron chi connectivity index (χ0n) is 15.1. The fraction of sp³-hybridized carbons (Fsp3) is 0.0435. The molecule has 4 N–H and O–H groups in total. The maximum absolute atomic E-state index is 13.1. The van der Waals surface area contributed by atoms with Gasteiger partial charge in [-0.25, -0.2) is 0 Å². The molecule has 1 aromatic heterocycles. The van der Waals surface area contributed by atoms with E-state index >= 15 is 0 Å². The zero-order valence-corrected chi connectivity index (χ0v) is 15.1. The number of nitrogens with one attached hydrogen (secondary N) is 2. The van der Waals surface area contributed by atoms with Crippen LogP contribution in [0, 0.1) is 0 Å². The van der Waals surface area contributed by atoms with Crippen LogP contribution in [0.1, 0.15) is 21.6 Å². The molecular weight excluding hydrogens is 350 g/mol. The minimum absolute atomic E-state index is 0.360. The van der Waals surface area contributed by atoms with Gasteiger partial charge in [-0.15, -0.1) is 0 Å². The molecule has 0 bridgehead atoms. The number of carbonyl (C=O) groups excluding carboxylic acids is 2. The highest BCUT2D eigenvalue weighted by Gasteiger charge is 2.42. The van der Waals surface area contributed by atoms with Gasteiger partial charge in [0.1, 0.15) is 5.69 Å². The Morgan fingerprint density at radius 2 is 1.32 bits per heavy atom. The standard InChI is InChI=1S/C23H19N3O2/c24-22(28)23(17-10-3-1-4-11-17,18-12-5-2-6-13-18)26-21(27)20-15-16-9-7-8-14-19(16)25-20/h1-15,25H,(H2,24,28)(H,26,27). The number of aromatic nitrogens is 1. The first-order valence-corrected chi connectivity index (χ1v) is 8.92. The summed E-state index contributed by atoms with van der Waals surface area (Å²) in [5.41, 5.74) is 6.78. The van der Waals surface area contributed by atoms with Crippen molar-refractivity contribution in [1.82, 2.24) is 10.3 Å². The predicted molar refractivity (Wildman–Crippen MR) is 109 cm³/mol. The highest BCUT2D eigenvalue weighted by Crippen LogP contribution is 2.30. The first-order chi connectivity index (χ1) is 13.6. The molecule has 1 heterocycles. The monoisotopic (exact) mass is 369 g/mol. The van der Waals surface area contributed by atoms with Crippen molar-refractivity contribution in [3.63, 3.8) is 0 Å². The third-order valence-corrected chi connectivity index (χ3v) is 4.86. The number of carbonyl (C=O) groups is 2. The van der Waals surface area contributed by atoms with E-state index in [-0.39, 0.29) is 0 Å². The highest BCUT2D eigenvalue weighted by atomic mass is 16.2. The van der Waals surface area contributed by atoms with Crippen LogP contribution in [0.15, 0.2) is 91.0 Å². The van der Waals surface area contributed by atoms with Gasteiger partial charge >= 0.3 is 0 Å². The van der Waals surface area contributed by atoms with Crippen LogP contribution in [-0.2, 0) is 10.3 Å². The van der Waals surface area contributed by atoms with Gasteiger partial charge in [-0.1, -0.05) is 78.9 Å². The van der Waals surface area contributed by atoms with Gasteiger partial charge in [0.15, 0.2) is 5.54 Å². The molecule has 3 aromatic carbocycles. The lowest BCUT2D eigenvalue weighted by molar-refractivity contribution is -0.122. The summed E-state index contributed by atoms with van der Waals surface area (Å²) in [6.07, 6.45) is 0. The van der Waals surface area contributed by atoms with Gasteiger partial charge in [-0.3, -0.25) is 9.59 Å². The summed E-state index contributed by atoms with van der Waals surface area (Å²) in [4.78, 5) is 29.0. The van der Waals surface area contributed by atoms with Crippen LogP contribution in [0.3, 0.4) is 0 Å². The molecule has 0 aliphatic carbocycles. The van der Waals surface area contributed by atoms with Crippen molar-refractivity contribution in [3.8, 4) is 0 Å². The number of nitrogens with two attached hydrogens (primary N) is 1. The molecule has 28 heavy (non-hydrogen) atoms. The lowest BCUT2D eigenvalue weighted by atomic mass is 9.82. The van der Waals surface area contributed by atoms with Gasteiger partial charge in [0.25, 0.3) is 11.8 Å². The molecule has 0 spiro atoms. The van der Waals surface area contributed by atoms with Gasteiger partial charge in [-0.2, -0.15) is 0 Å². The lowest BCUT2D eigenvalue weighted by Crippen LogP contribution is -2.55. The molecule has 0 aliphatic heterocycles. The smallest absolute Gasteiger partial charge is 0.269 e. The van der Waals surface area contributed by atoms with E-state index in [1.165, 1.54) is 0 Å². The SMILES string of the molecule is NC(=O)C(NC(=O)c1cc2ccccc2[nH]1)(c1ccccc1)c1ccccc1. The molecule has 0 saturated heterocycles. The maximum atomic E-state index is 13.1. The van der Waals surface area contributed by atoms with Crippen LogP contribution in [-0.4, -0.2) is 16.8 Å². The number of hydrogen-bond donors (Lipinski definition) is 3. The van der Waals surface area contributed by atoms with Crippen LogP contribution in [0.25, 0.3) is 10.9 Å². The summed E-state index contributed by atoms with van der Waals surface area (Å²) in [7, 11) is 0. The van der Waals surface area contributed by atoms with E-state index in [1.807, 2.05) is 60.7 Å². The third-order valence-electron chi connectivity index (χ3n) is 4.86. The summed E-state index contributed by atoms with van der Waals surface area (Å²) < 4.78 is 0. The van der Waals surface area contributed by atoms with E-state index in [0.717, 1.165) is 10.9 Å². The van der Waals surface area contributed by atoms with Crippen LogP contribution >= 0.6 is 0 Å². The van der Waals surface area contributed by atoms with Gasteiger partial charge < -0.3 is 16.0 Å². The Kier molecular flexibility index (Phi) is 4.41. The molecule has 0 fully saturated rings. The summed E-state index contributed by atoms with van der Waals surface area (Å²) in [6, 6.07) is 27.4. The second kappa shape index (κ2) is 7.04. The molecule has 4 rings (SSSR count). The fourth-order valence-corrected chi connectivity index (χ4v) is 3.47. The molecular formula is C23H19N3O2. The highest BCUT2D eigenvalue weighted by molar-refractivity contribution is 6.02. The number of benzene rings is 3. The summed E-state index contributed by atoms with van der Waals surface area (Å²) >= 11 is 0. The van der Waals surface area contributed by atoms with Gasteiger partial charge in [-0.05, 0) is 23.3 Å². The minimum atomic E-state index is -1.49. The van der Waals surface area contributed by atoms with Crippen molar-refractivity contribution in [2.75, 3.05) is 0 Å². The fourth-order valence-electron chi connectivity index (χ4n) is 3.47. The summed E-state index contributed by atoms with van der Waals surface area (Å²) in [5.74, 6) is -1.07. The number of amides is 2. The number of primary amides is 1. The molecule has 0 aliphatic rings. The number of H-pyrrole nitrogens is 1. The van der Waals surface area contributed by atoms with E-state index in [4.69, 9.17) is 5.73 Å². The third kappa shape index (κ3) is 2.93. The van der Waals surface area contributed by atoms with Crippen LogP contribution in [0.5, 0.6) is 0 Å². The summed E-state index contributed by atoms with van der Waals surface area (Å²) in [6.45, 7) is 0. The Morgan fingerprint density at radius 1 is 0.786 bits per heavy atom. The molecule has 5 heteroatoms. The molecule has 138 valence electrons. The predicted octanol–water partition coefficient (Wildman–Crippen LogP) is 3.33. The first-order valence-electron chi connectivity index (χ1n) is 8.92. The van der Waals surface area contributed by atoms with Crippen molar-refractivity contribution < 1.29 is 9.59 Å². The molecule has 0 saturated carbocycles. The molecule has 0 unspecified atom stereocenters. The van der Waals surface area contributed by atoms with Crippen molar-refractivity contribution in [3.05, 3.63) is 108 Å². The van der Waals surface area contributed by atoms with Gasteiger partial charge in [0.05, 0.1) is 0 Å². The number of hydrogen-bond acceptors (Lipinski definition) is 2. The second-order valence-electron chi connectivity index (χ2n) is 6.57. The van der Waals surface area contributed by atoms with Crippen molar-refractivity contribution in [2.24, 2.45) is 5.73 Å². The van der Waals surface area contributed by atoms with E-state index < -0.39 is 17.4 Å². The quantitative estimate of drug-likeness (QED) is 0.504. The van der Waals surface area contributed by atoms with E-state index in [1.54, 1.807) is 30.3 Å². The normalized spacial score (nSPS) is 11.3. The Morgan fingerprint density at radius 3 is 1.86 bits per heavy atom. The van der Waals surface area contributed by atoms with E-state index in [2.05, 4.69) is 10.3 Å². The van der Waals surface area contributed by atoms with Gasteiger partial charge in [0.2, 0.25) is 0 Å². The average Bonchev–Trinajstić information content (AvgIpc) is 3.17. The summed E-state index contributed by atoms with van der Waals surface area (Å²) in [5, 5.41) is 3.81. The molecule has 4 aromatic rings. The Hall–Kier alpha value is -3.86. The van der Waals surface area contributed by atoms with Crippen molar-refractivity contribution >= 4 is 22.7 Å². The molecule has 2 amide bonds. The zero-order chi connectivity index (χ0) is 19.6. The van der Waals surface area contributed by atoms with E-state index in [0.29, 0.717) is 16.8 Å². The number of para-hydroxylation sites is 1. The minimum Gasteiger partial charge on any atom is -0.367 e. The second-order valence-corrected chi connectivity index (χ2v) is 6.57. The maximum Gasteiger partial charge on any atom is 0.269 e. The molecule has 0 radical (unpaired) electrons. The van der Waals surface area contributed by atoms with Crippen LogP contribution in [0.2, 0.25) is 0 Å². The topological polar surface area (TPSA) is 88.0 Å². The molecule has 5 nitrogen and oxygen atoms in total. The van der Waals surface area contributed by atoms with Gasteiger partial charge in [0, 0.05) is 10.9 Å². The van der Waals surface area contributed by atoms with Crippen molar-refractivity contribution in [1.29, 1.82) is 0 Å². The Labute approximate surface area is 162 Å². The van der Waals surface area contributed by atoms with Crippen molar-refractivity contribution in [2.45, 2.75) is 5.54 Å². The first kappa shape index (κ1) is 17.5. The largest absolute Gasteiger partial charge is 0.367 e. The average molecular weight is 369 g/mol. The Balaban J connectivity index is 1.83. The number of fused-ring (bicyclic) bond motifs is 1. The number of aromatic amines is 1. The Bertz CT molecular complexity index is 1060.